The lowest BCUT2D eigenvalue weighted by atomic mass is 10.0. The Hall–Kier alpha value is -3.96. The lowest BCUT2D eigenvalue weighted by Crippen LogP contribution is -2.56. The molecule has 2 aliphatic heterocycles. The van der Waals surface area contributed by atoms with Gasteiger partial charge < -0.3 is 25.4 Å². The van der Waals surface area contributed by atoms with Crippen LogP contribution < -0.4 is 26.5 Å². The number of carbonyl (C=O) groups excluding carboxylic acids is 4. The van der Waals surface area contributed by atoms with Gasteiger partial charge in [-0.15, -0.1) is 0 Å². The number of amides is 3. The number of fused-ring (bicyclic) bond motifs is 13. The van der Waals surface area contributed by atoms with Crippen LogP contribution in [0.2, 0.25) is 0 Å². The van der Waals surface area contributed by atoms with Crippen LogP contribution in [0.4, 0.5) is 0 Å². The quantitative estimate of drug-likeness (QED) is 0.0771. The minimum absolute atomic E-state index is 0.178. The number of methoxy groups -OCH3 is 1. The summed E-state index contributed by atoms with van der Waals surface area (Å²) in [5, 5.41) is 12.2. The normalized spacial score (nSPS) is 22.1. The van der Waals surface area contributed by atoms with Crippen LogP contribution in [0.3, 0.4) is 0 Å². The van der Waals surface area contributed by atoms with E-state index in [1.54, 1.807) is 31.3 Å². The third kappa shape index (κ3) is 10.7. The summed E-state index contributed by atoms with van der Waals surface area (Å²) in [6.45, 7) is 2.04. The Morgan fingerprint density at radius 1 is 1.16 bits per heavy atom. The molecule has 0 saturated heterocycles. The number of unbranched alkanes of at least 4 members (excludes halogenated alkanes) is 1. The molecule has 37 heavy (non-hydrogen) atoms. The number of nitrogens with one attached hydrogen (secondary N) is 3. The Morgan fingerprint density at radius 3 is 2.54 bits per heavy atom. The predicted molar refractivity (Wildman–Crippen MR) is 134 cm³/mol. The molecule has 12 heteroatoms. The van der Waals surface area contributed by atoms with E-state index in [0.29, 0.717) is 31.6 Å². The van der Waals surface area contributed by atoms with E-state index in [2.05, 4.69) is 21.1 Å². The highest BCUT2D eigenvalue weighted by molar-refractivity contribution is 5.93. The van der Waals surface area contributed by atoms with E-state index in [-0.39, 0.29) is 25.4 Å². The SMILES string of the molecule is COC(=O)[C@@H]1C/C=C\COc2ccc(cc2)C[C@H](NC(C)=O)C(=O)N[C@@H](CCCCN=[N+](C)N)C(=O)N1. The van der Waals surface area contributed by atoms with E-state index >= 15 is 0 Å². The smallest absolute Gasteiger partial charge is 0.328 e. The molecular weight excluding hydrogens is 480 g/mol. The number of azo groups is 1. The van der Waals surface area contributed by atoms with Crippen LogP contribution in [0.15, 0.2) is 41.5 Å². The van der Waals surface area contributed by atoms with Crippen LogP contribution in [-0.4, -0.2) is 73.9 Å². The first-order chi connectivity index (χ1) is 17.7. The van der Waals surface area contributed by atoms with Gasteiger partial charge in [-0.1, -0.05) is 24.3 Å². The van der Waals surface area contributed by atoms with Gasteiger partial charge in [0, 0.05) is 13.3 Å². The number of hydrogen-bond acceptors (Lipinski definition) is 7. The molecule has 1 aromatic carbocycles. The Labute approximate surface area is 216 Å². The van der Waals surface area contributed by atoms with E-state index < -0.39 is 35.9 Å². The fourth-order valence-electron chi connectivity index (χ4n) is 3.72. The van der Waals surface area contributed by atoms with Crippen molar-refractivity contribution in [3.63, 3.8) is 0 Å². The number of ether oxygens (including phenoxy) is 2. The number of nitrogens with zero attached hydrogens (tertiary/aromatic N) is 2. The van der Waals surface area contributed by atoms with Gasteiger partial charge in [0.25, 0.3) is 0 Å². The second kappa shape index (κ2) is 15.2. The third-order valence-corrected chi connectivity index (χ3v) is 5.60. The summed E-state index contributed by atoms with van der Waals surface area (Å²) in [4.78, 5) is 51.8. The summed E-state index contributed by atoms with van der Waals surface area (Å²) in [6.07, 6.45) is 5.34. The zero-order valence-corrected chi connectivity index (χ0v) is 21.6. The number of carbonyl (C=O) groups is 4. The van der Waals surface area contributed by atoms with Crippen molar-refractivity contribution in [3.8, 4) is 5.75 Å². The lowest BCUT2D eigenvalue weighted by molar-refractivity contribution is -0.579. The monoisotopic (exact) mass is 517 g/mol. The molecule has 3 amide bonds. The summed E-state index contributed by atoms with van der Waals surface area (Å²) in [5.74, 6) is 4.08. The number of rotatable bonds is 7. The number of benzene rings is 1. The molecule has 0 spiro atoms. The Kier molecular flexibility index (Phi) is 12.0. The van der Waals surface area contributed by atoms with Crippen LogP contribution >= 0.6 is 0 Å². The van der Waals surface area contributed by atoms with Gasteiger partial charge in [-0.05, 0) is 53.3 Å². The Morgan fingerprint density at radius 2 is 1.89 bits per heavy atom. The summed E-state index contributed by atoms with van der Waals surface area (Å²) in [7, 11) is 2.85. The fourth-order valence-corrected chi connectivity index (χ4v) is 3.72. The van der Waals surface area contributed by atoms with Crippen LogP contribution in [0.25, 0.3) is 0 Å². The second-order valence-electron chi connectivity index (χ2n) is 8.70. The zero-order valence-electron chi connectivity index (χ0n) is 21.6. The topological polar surface area (TPSA) is 164 Å². The van der Waals surface area contributed by atoms with Crippen molar-refractivity contribution in [2.24, 2.45) is 11.0 Å². The first-order valence-corrected chi connectivity index (χ1v) is 12.2. The van der Waals surface area contributed by atoms with Gasteiger partial charge in [-0.25, -0.2) is 4.79 Å². The van der Waals surface area contributed by atoms with Gasteiger partial charge >= 0.3 is 5.97 Å². The lowest BCUT2D eigenvalue weighted by Gasteiger charge is -2.24. The van der Waals surface area contributed by atoms with Gasteiger partial charge in [0.15, 0.2) is 7.05 Å². The van der Waals surface area contributed by atoms with Crippen LogP contribution in [-0.2, 0) is 30.3 Å². The molecule has 2 aliphatic rings. The molecule has 2 bridgehead atoms. The first-order valence-electron chi connectivity index (χ1n) is 12.2. The molecule has 2 heterocycles. The summed E-state index contributed by atoms with van der Waals surface area (Å²) in [6, 6.07) is 4.38. The van der Waals surface area contributed by atoms with Crippen molar-refractivity contribution in [1.82, 2.24) is 16.0 Å². The van der Waals surface area contributed by atoms with E-state index in [9.17, 15) is 19.2 Å². The standard InChI is InChI=1S/C25H36N6O6/c1-17(32)28-22-16-18-10-12-19(13-11-18)37-15-7-5-9-21(25(35)36-3)30-23(33)20(29-24(22)34)8-4-6-14-27-31(2)26/h5,7,10-13,20-22H,4,6,8-9,14-16H2,1-3H3,(H4-,26,27,28,29,30,32,33,34)/p+1/b7-5-/t20-,21-,22-/m0/s1. The van der Waals surface area contributed by atoms with E-state index in [1.807, 2.05) is 12.1 Å². The Bertz CT molecular complexity index is 990. The van der Waals surface area contributed by atoms with Gasteiger partial charge in [0.1, 0.15) is 37.0 Å². The van der Waals surface area contributed by atoms with E-state index in [1.165, 1.54) is 18.8 Å². The molecule has 0 aromatic heterocycles. The highest BCUT2D eigenvalue weighted by atomic mass is 16.5. The molecule has 0 fully saturated rings. The maximum absolute atomic E-state index is 13.2. The molecule has 0 saturated carbocycles. The van der Waals surface area contributed by atoms with Crippen LogP contribution in [0, 0.1) is 0 Å². The van der Waals surface area contributed by atoms with Crippen molar-refractivity contribution in [1.29, 1.82) is 0 Å². The predicted octanol–water partition coefficient (Wildman–Crippen LogP) is 0.354. The van der Waals surface area contributed by atoms with Crippen LogP contribution in [0.5, 0.6) is 5.75 Å². The van der Waals surface area contributed by atoms with Crippen molar-refractivity contribution >= 4 is 23.7 Å². The van der Waals surface area contributed by atoms with E-state index in [4.69, 9.17) is 15.3 Å². The van der Waals surface area contributed by atoms with Gasteiger partial charge in [-0.2, -0.15) is 5.84 Å². The van der Waals surface area contributed by atoms with Crippen molar-refractivity contribution in [2.45, 2.75) is 57.2 Å². The van der Waals surface area contributed by atoms with Gasteiger partial charge in [0.05, 0.1) is 7.11 Å². The van der Waals surface area contributed by atoms with Crippen LogP contribution in [0.1, 0.15) is 38.2 Å². The van der Waals surface area contributed by atoms with Crippen molar-refractivity contribution in [2.75, 3.05) is 27.3 Å². The van der Waals surface area contributed by atoms with Crippen molar-refractivity contribution in [3.05, 3.63) is 42.0 Å². The highest BCUT2D eigenvalue weighted by Crippen LogP contribution is 2.15. The summed E-state index contributed by atoms with van der Waals surface area (Å²) in [5.41, 5.74) is 0.806. The maximum atomic E-state index is 13.2. The minimum Gasteiger partial charge on any atom is -0.490 e. The number of esters is 1. The molecule has 12 nitrogen and oxygen atoms in total. The van der Waals surface area contributed by atoms with E-state index in [0.717, 1.165) is 5.56 Å². The highest BCUT2D eigenvalue weighted by Gasteiger charge is 2.29. The van der Waals surface area contributed by atoms with Crippen molar-refractivity contribution < 1.29 is 33.5 Å². The first kappa shape index (κ1) is 29.3. The molecule has 5 N–H and O–H groups in total. The molecular formula is C25H37N6O6+. The minimum atomic E-state index is -0.949. The molecule has 3 rings (SSSR count). The number of hydrogen-bond donors (Lipinski definition) is 4. The summed E-state index contributed by atoms with van der Waals surface area (Å²) >= 11 is 0. The van der Waals surface area contributed by atoms with Gasteiger partial charge in [0.2, 0.25) is 17.7 Å². The molecule has 1 aromatic rings. The number of nitrogens with two attached hydrogens (primary N) is 1. The van der Waals surface area contributed by atoms with Gasteiger partial charge in [-0.3, -0.25) is 14.4 Å². The molecule has 202 valence electrons. The molecule has 0 aliphatic carbocycles. The zero-order chi connectivity index (χ0) is 27.2. The maximum Gasteiger partial charge on any atom is 0.328 e. The summed E-state index contributed by atoms with van der Waals surface area (Å²) < 4.78 is 10.5. The fraction of sp³-hybridized carbons (Fsp3) is 0.520. The molecule has 0 radical (unpaired) electrons. The molecule has 3 atom stereocenters. The Balaban J connectivity index is 2.31. The average molecular weight is 518 g/mol. The average Bonchev–Trinajstić information content (AvgIpc) is 2.86. The largest absolute Gasteiger partial charge is 0.490 e. The third-order valence-electron chi connectivity index (χ3n) is 5.60. The second-order valence-corrected chi connectivity index (χ2v) is 8.70. The number of hydrazine groups is 1. The molecule has 0 unspecified atom stereocenters.